The average Bonchev–Trinajstić information content (AvgIpc) is 2.86. The highest BCUT2D eigenvalue weighted by atomic mass is 16.2. The minimum Gasteiger partial charge on any atom is -0.396 e. The van der Waals surface area contributed by atoms with Crippen molar-refractivity contribution in [3.05, 3.63) is 30.0 Å². The van der Waals surface area contributed by atoms with E-state index >= 15 is 0 Å². The highest BCUT2D eigenvalue weighted by Crippen LogP contribution is 2.14. The van der Waals surface area contributed by atoms with E-state index in [1.165, 1.54) is 0 Å². The second-order valence-corrected chi connectivity index (χ2v) is 4.51. The molecule has 0 unspecified atom stereocenters. The average molecular weight is 261 g/mol. The maximum absolute atomic E-state index is 12.0. The zero-order chi connectivity index (χ0) is 13.5. The molecule has 5 nitrogen and oxygen atoms in total. The fourth-order valence-corrected chi connectivity index (χ4v) is 2.01. The van der Waals surface area contributed by atoms with Gasteiger partial charge in [0.1, 0.15) is 0 Å². The molecule has 1 aromatic heterocycles. The molecule has 0 aliphatic carbocycles. The lowest BCUT2D eigenvalue weighted by Crippen LogP contribution is -2.25. The van der Waals surface area contributed by atoms with Gasteiger partial charge < -0.3 is 10.4 Å². The van der Waals surface area contributed by atoms with Crippen LogP contribution in [0.2, 0.25) is 0 Å². The van der Waals surface area contributed by atoms with Crippen molar-refractivity contribution in [2.75, 3.05) is 13.2 Å². The number of unbranched alkanes of at least 4 members (excludes halogenated alkanes) is 3. The van der Waals surface area contributed by atoms with Gasteiger partial charge in [-0.3, -0.25) is 9.89 Å². The number of benzene rings is 1. The molecule has 2 aromatic rings. The highest BCUT2D eigenvalue weighted by molar-refractivity contribution is 6.04. The summed E-state index contributed by atoms with van der Waals surface area (Å²) in [4.78, 5) is 12.0. The molecule has 0 aliphatic rings. The standard InChI is InChI=1S/C14H19N3O2/c18-10-6-2-1-5-9-15-14(19)13-11-7-3-4-8-12(11)16-17-13/h3-4,7-8,18H,1-2,5-6,9-10H2,(H,15,19)(H,16,17). The molecule has 1 amide bonds. The van der Waals surface area contributed by atoms with Crippen LogP contribution >= 0.6 is 0 Å². The van der Waals surface area contributed by atoms with Gasteiger partial charge in [-0.25, -0.2) is 0 Å². The number of nitrogens with zero attached hydrogens (tertiary/aromatic N) is 1. The summed E-state index contributed by atoms with van der Waals surface area (Å²) in [5.41, 5.74) is 1.32. The number of carbonyl (C=O) groups excluding carboxylic acids is 1. The quantitative estimate of drug-likeness (QED) is 0.665. The minimum absolute atomic E-state index is 0.139. The number of hydrogen-bond donors (Lipinski definition) is 3. The Labute approximate surface area is 112 Å². The third kappa shape index (κ3) is 3.54. The van der Waals surface area contributed by atoms with Crippen molar-refractivity contribution in [2.45, 2.75) is 25.7 Å². The second-order valence-electron chi connectivity index (χ2n) is 4.51. The van der Waals surface area contributed by atoms with E-state index < -0.39 is 0 Å². The van der Waals surface area contributed by atoms with Crippen LogP contribution in [0.25, 0.3) is 10.9 Å². The normalized spacial score (nSPS) is 10.8. The first-order chi connectivity index (χ1) is 9.33. The number of aliphatic hydroxyl groups is 1. The molecule has 0 bridgehead atoms. The van der Waals surface area contributed by atoms with Crippen LogP contribution in [0.1, 0.15) is 36.2 Å². The first-order valence-electron chi connectivity index (χ1n) is 6.65. The Morgan fingerprint density at radius 1 is 1.21 bits per heavy atom. The van der Waals surface area contributed by atoms with E-state index in [0.29, 0.717) is 12.2 Å². The van der Waals surface area contributed by atoms with E-state index in [9.17, 15) is 4.79 Å². The van der Waals surface area contributed by atoms with Crippen molar-refractivity contribution in [2.24, 2.45) is 0 Å². The monoisotopic (exact) mass is 261 g/mol. The lowest BCUT2D eigenvalue weighted by atomic mass is 10.2. The highest BCUT2D eigenvalue weighted by Gasteiger charge is 2.12. The number of aliphatic hydroxyl groups excluding tert-OH is 1. The first-order valence-corrected chi connectivity index (χ1v) is 6.65. The number of aromatic amines is 1. The predicted molar refractivity (Wildman–Crippen MR) is 74.0 cm³/mol. The van der Waals surface area contributed by atoms with Gasteiger partial charge in [-0.15, -0.1) is 0 Å². The van der Waals surface area contributed by atoms with E-state index in [0.717, 1.165) is 36.6 Å². The molecule has 0 fully saturated rings. The van der Waals surface area contributed by atoms with Gasteiger partial charge in [0, 0.05) is 18.5 Å². The van der Waals surface area contributed by atoms with Gasteiger partial charge >= 0.3 is 0 Å². The molecular weight excluding hydrogens is 242 g/mol. The van der Waals surface area contributed by atoms with Crippen molar-refractivity contribution in [3.63, 3.8) is 0 Å². The summed E-state index contributed by atoms with van der Waals surface area (Å²) in [5, 5.41) is 19.3. The number of H-pyrrole nitrogens is 1. The molecule has 19 heavy (non-hydrogen) atoms. The lowest BCUT2D eigenvalue weighted by molar-refractivity contribution is 0.0949. The van der Waals surface area contributed by atoms with E-state index in [1.807, 2.05) is 24.3 Å². The lowest BCUT2D eigenvalue weighted by Gasteiger charge is -2.03. The van der Waals surface area contributed by atoms with Crippen LogP contribution < -0.4 is 5.32 Å². The van der Waals surface area contributed by atoms with Gasteiger partial charge in [0.2, 0.25) is 0 Å². The van der Waals surface area contributed by atoms with E-state index in [-0.39, 0.29) is 12.5 Å². The van der Waals surface area contributed by atoms with E-state index in [2.05, 4.69) is 15.5 Å². The Morgan fingerprint density at radius 3 is 2.84 bits per heavy atom. The van der Waals surface area contributed by atoms with Crippen LogP contribution in [0.15, 0.2) is 24.3 Å². The summed E-state index contributed by atoms with van der Waals surface area (Å²) in [7, 11) is 0. The Morgan fingerprint density at radius 2 is 2.00 bits per heavy atom. The van der Waals surface area contributed by atoms with Crippen molar-refractivity contribution in [1.82, 2.24) is 15.5 Å². The smallest absolute Gasteiger partial charge is 0.272 e. The van der Waals surface area contributed by atoms with Crippen molar-refractivity contribution < 1.29 is 9.90 Å². The van der Waals surface area contributed by atoms with Crippen LogP contribution in [-0.4, -0.2) is 34.4 Å². The largest absolute Gasteiger partial charge is 0.396 e. The molecule has 1 aromatic carbocycles. The molecule has 0 radical (unpaired) electrons. The number of aromatic nitrogens is 2. The summed E-state index contributed by atoms with van der Waals surface area (Å²) >= 11 is 0. The molecule has 0 saturated heterocycles. The summed E-state index contributed by atoms with van der Waals surface area (Å²) in [6.07, 6.45) is 3.77. The van der Waals surface area contributed by atoms with Gasteiger partial charge in [0.25, 0.3) is 5.91 Å². The number of fused-ring (bicyclic) bond motifs is 1. The fourth-order valence-electron chi connectivity index (χ4n) is 2.01. The molecular formula is C14H19N3O2. The Kier molecular flexibility index (Phi) is 4.92. The number of hydrogen-bond acceptors (Lipinski definition) is 3. The Balaban J connectivity index is 1.83. The van der Waals surface area contributed by atoms with E-state index in [4.69, 9.17) is 5.11 Å². The number of nitrogens with one attached hydrogen (secondary N) is 2. The number of amides is 1. The maximum Gasteiger partial charge on any atom is 0.272 e. The maximum atomic E-state index is 12.0. The van der Waals surface area contributed by atoms with Gasteiger partial charge in [-0.2, -0.15) is 5.10 Å². The third-order valence-electron chi connectivity index (χ3n) is 3.06. The molecule has 0 aliphatic heterocycles. The third-order valence-corrected chi connectivity index (χ3v) is 3.06. The van der Waals surface area contributed by atoms with Crippen molar-refractivity contribution >= 4 is 16.8 Å². The van der Waals surface area contributed by atoms with Gasteiger partial charge in [-0.05, 0) is 18.9 Å². The topological polar surface area (TPSA) is 78.0 Å². The van der Waals surface area contributed by atoms with E-state index in [1.54, 1.807) is 0 Å². The van der Waals surface area contributed by atoms with Gasteiger partial charge in [0.15, 0.2) is 5.69 Å². The summed E-state index contributed by atoms with van der Waals surface area (Å²) in [6, 6.07) is 7.58. The molecule has 0 atom stereocenters. The van der Waals surface area contributed by atoms with Crippen LogP contribution in [0.5, 0.6) is 0 Å². The Hall–Kier alpha value is -1.88. The predicted octanol–water partition coefficient (Wildman–Crippen LogP) is 1.85. The minimum atomic E-state index is -0.139. The molecule has 0 spiro atoms. The van der Waals surface area contributed by atoms with Crippen LogP contribution in [0.4, 0.5) is 0 Å². The summed E-state index contributed by atoms with van der Waals surface area (Å²) in [5.74, 6) is -0.139. The van der Waals surface area contributed by atoms with Gasteiger partial charge in [0.05, 0.1) is 5.52 Å². The second kappa shape index (κ2) is 6.89. The van der Waals surface area contributed by atoms with Crippen LogP contribution in [0.3, 0.4) is 0 Å². The number of para-hydroxylation sites is 1. The molecule has 5 heteroatoms. The first kappa shape index (κ1) is 13.5. The van der Waals surface area contributed by atoms with Crippen LogP contribution in [-0.2, 0) is 0 Å². The SMILES string of the molecule is O=C(NCCCCCCO)c1n[nH]c2ccccc12. The summed E-state index contributed by atoms with van der Waals surface area (Å²) in [6.45, 7) is 0.886. The fraction of sp³-hybridized carbons (Fsp3) is 0.429. The van der Waals surface area contributed by atoms with Crippen molar-refractivity contribution in [3.8, 4) is 0 Å². The van der Waals surface area contributed by atoms with Crippen molar-refractivity contribution in [1.29, 1.82) is 0 Å². The number of carbonyl (C=O) groups is 1. The zero-order valence-electron chi connectivity index (χ0n) is 10.9. The molecule has 0 saturated carbocycles. The molecule has 1 heterocycles. The van der Waals surface area contributed by atoms with Crippen LogP contribution in [0, 0.1) is 0 Å². The molecule has 3 N–H and O–H groups in total. The molecule has 2 rings (SSSR count). The number of rotatable bonds is 7. The molecule has 102 valence electrons. The summed E-state index contributed by atoms with van der Waals surface area (Å²) < 4.78 is 0. The zero-order valence-corrected chi connectivity index (χ0v) is 10.9. The Bertz CT molecular complexity index is 536. The van der Waals surface area contributed by atoms with Gasteiger partial charge in [-0.1, -0.05) is 31.0 Å².